The van der Waals surface area contributed by atoms with Gasteiger partial charge in [-0.3, -0.25) is 10.1 Å². The fraction of sp³-hybridized carbons (Fsp3) is 0. The molecule has 0 unspecified atom stereocenters. The standard InChI is InChI=1S/C14H8N6O2S2/c21-20(22)12-8-15-14(23-12)24-13-16-17-18-19(13)11-7-3-5-9-4-1-2-6-10(9)11/h1-8H. The zero-order chi connectivity index (χ0) is 16.5. The van der Waals surface area contributed by atoms with Crippen molar-refractivity contribution in [2.24, 2.45) is 0 Å². The molecule has 8 nitrogen and oxygen atoms in total. The zero-order valence-corrected chi connectivity index (χ0v) is 13.6. The molecule has 10 heteroatoms. The van der Waals surface area contributed by atoms with Crippen LogP contribution in [0.3, 0.4) is 0 Å². The number of fused-ring (bicyclic) bond motifs is 1. The van der Waals surface area contributed by atoms with E-state index in [0.717, 1.165) is 27.8 Å². The third-order valence-corrected chi connectivity index (χ3v) is 5.23. The Bertz CT molecular complexity index is 1040. The smallest absolute Gasteiger partial charge is 0.257 e. The molecule has 4 aromatic rings. The van der Waals surface area contributed by atoms with Crippen LogP contribution < -0.4 is 0 Å². The van der Waals surface area contributed by atoms with E-state index in [-0.39, 0.29) is 5.00 Å². The van der Waals surface area contributed by atoms with E-state index < -0.39 is 4.92 Å². The minimum Gasteiger partial charge on any atom is -0.257 e. The quantitative estimate of drug-likeness (QED) is 0.408. The summed E-state index contributed by atoms with van der Waals surface area (Å²) >= 11 is 2.18. The van der Waals surface area contributed by atoms with E-state index in [0.29, 0.717) is 9.50 Å². The molecule has 2 aromatic carbocycles. The zero-order valence-electron chi connectivity index (χ0n) is 11.9. The molecule has 2 heterocycles. The molecule has 0 aliphatic heterocycles. The average Bonchev–Trinajstić information content (AvgIpc) is 3.24. The lowest BCUT2D eigenvalue weighted by Crippen LogP contribution is -1.99. The monoisotopic (exact) mass is 356 g/mol. The first kappa shape index (κ1) is 14.7. The Morgan fingerprint density at radius 3 is 2.83 bits per heavy atom. The molecule has 0 bridgehead atoms. The molecule has 0 N–H and O–H groups in total. The maximum atomic E-state index is 10.8. The molecule has 4 rings (SSSR count). The van der Waals surface area contributed by atoms with E-state index >= 15 is 0 Å². The summed E-state index contributed by atoms with van der Waals surface area (Å²) in [6.45, 7) is 0. The molecule has 0 saturated carbocycles. The predicted octanol–water partition coefficient (Wildman–Crippen LogP) is 3.33. The van der Waals surface area contributed by atoms with Gasteiger partial charge in [0.05, 0.1) is 10.6 Å². The summed E-state index contributed by atoms with van der Waals surface area (Å²) in [5.74, 6) is 0. The van der Waals surface area contributed by atoms with Gasteiger partial charge < -0.3 is 0 Å². The Kier molecular flexibility index (Phi) is 3.67. The molecule has 118 valence electrons. The number of benzene rings is 2. The third-order valence-electron chi connectivity index (χ3n) is 3.27. The molecule has 2 aromatic heterocycles. The van der Waals surface area contributed by atoms with Gasteiger partial charge in [-0.05, 0) is 45.0 Å². The topological polar surface area (TPSA) is 99.6 Å². The summed E-state index contributed by atoms with van der Waals surface area (Å²) in [5.41, 5.74) is 0.839. The van der Waals surface area contributed by atoms with Crippen LogP contribution in [-0.4, -0.2) is 30.1 Å². The van der Waals surface area contributed by atoms with E-state index in [9.17, 15) is 10.1 Å². The van der Waals surface area contributed by atoms with Crippen LogP contribution in [0.15, 0.2) is 58.2 Å². The molecule has 0 radical (unpaired) electrons. The van der Waals surface area contributed by atoms with Crippen molar-refractivity contribution in [2.45, 2.75) is 9.50 Å². The number of aromatic nitrogens is 5. The Balaban J connectivity index is 1.75. The summed E-state index contributed by atoms with van der Waals surface area (Å²) < 4.78 is 2.12. The third kappa shape index (κ3) is 2.61. The van der Waals surface area contributed by atoms with Crippen molar-refractivity contribution < 1.29 is 4.92 Å². The van der Waals surface area contributed by atoms with E-state index in [2.05, 4.69) is 20.5 Å². The molecule has 0 aliphatic carbocycles. The molecular formula is C14H8N6O2S2. The van der Waals surface area contributed by atoms with Gasteiger partial charge in [0, 0.05) is 5.39 Å². The lowest BCUT2D eigenvalue weighted by Gasteiger charge is -2.07. The number of hydrogen-bond acceptors (Lipinski definition) is 8. The first-order valence-corrected chi connectivity index (χ1v) is 8.40. The summed E-state index contributed by atoms with van der Waals surface area (Å²) in [5, 5.41) is 25.1. The van der Waals surface area contributed by atoms with Crippen molar-refractivity contribution in [2.75, 3.05) is 0 Å². The maximum Gasteiger partial charge on any atom is 0.344 e. The van der Waals surface area contributed by atoms with Gasteiger partial charge in [-0.2, -0.15) is 4.68 Å². The highest BCUT2D eigenvalue weighted by Crippen LogP contribution is 2.34. The molecule has 0 amide bonds. The van der Waals surface area contributed by atoms with Gasteiger partial charge in [0.2, 0.25) is 5.16 Å². The van der Waals surface area contributed by atoms with E-state index in [1.807, 2.05) is 42.5 Å². The van der Waals surface area contributed by atoms with Crippen LogP contribution in [0.1, 0.15) is 0 Å². The second kappa shape index (κ2) is 5.98. The number of rotatable bonds is 4. The van der Waals surface area contributed by atoms with Crippen LogP contribution in [-0.2, 0) is 0 Å². The summed E-state index contributed by atoms with van der Waals surface area (Å²) in [7, 11) is 0. The van der Waals surface area contributed by atoms with E-state index in [1.54, 1.807) is 4.68 Å². The highest BCUT2D eigenvalue weighted by Gasteiger charge is 2.17. The van der Waals surface area contributed by atoms with Gasteiger partial charge in [-0.1, -0.05) is 36.4 Å². The number of thiazole rings is 1. The van der Waals surface area contributed by atoms with Crippen molar-refractivity contribution in [1.82, 2.24) is 25.2 Å². The predicted molar refractivity (Wildman–Crippen MR) is 89.6 cm³/mol. The van der Waals surface area contributed by atoms with Gasteiger partial charge >= 0.3 is 5.00 Å². The molecule has 0 spiro atoms. The van der Waals surface area contributed by atoms with Gasteiger partial charge in [0.15, 0.2) is 4.34 Å². The Labute approximate surface area is 143 Å². The lowest BCUT2D eigenvalue weighted by atomic mass is 10.1. The summed E-state index contributed by atoms with van der Waals surface area (Å²) in [6, 6.07) is 13.8. The normalized spacial score (nSPS) is 11.0. The van der Waals surface area contributed by atoms with Gasteiger partial charge in [-0.25, -0.2) is 4.98 Å². The number of nitro groups is 1. The van der Waals surface area contributed by atoms with Crippen LogP contribution in [0.4, 0.5) is 5.00 Å². The summed E-state index contributed by atoms with van der Waals surface area (Å²) in [4.78, 5) is 14.4. The van der Waals surface area contributed by atoms with E-state index in [1.165, 1.54) is 18.0 Å². The fourth-order valence-electron chi connectivity index (χ4n) is 2.25. The molecular weight excluding hydrogens is 348 g/mol. The first-order chi connectivity index (χ1) is 11.7. The van der Waals surface area contributed by atoms with Crippen LogP contribution >= 0.6 is 23.1 Å². The Morgan fingerprint density at radius 1 is 1.17 bits per heavy atom. The lowest BCUT2D eigenvalue weighted by molar-refractivity contribution is -0.380. The Hall–Kier alpha value is -2.85. The second-order valence-electron chi connectivity index (χ2n) is 4.70. The van der Waals surface area contributed by atoms with Crippen LogP contribution in [0.25, 0.3) is 16.5 Å². The van der Waals surface area contributed by atoms with Crippen LogP contribution in [0.5, 0.6) is 0 Å². The highest BCUT2D eigenvalue weighted by molar-refractivity contribution is 8.00. The SMILES string of the molecule is O=[N+]([O-])c1cnc(Sc2nnnn2-c2cccc3ccccc23)s1. The fourth-order valence-corrected chi connectivity index (χ4v) is 3.92. The van der Waals surface area contributed by atoms with Crippen molar-refractivity contribution in [1.29, 1.82) is 0 Å². The molecule has 24 heavy (non-hydrogen) atoms. The minimum atomic E-state index is -0.463. The molecule has 0 aliphatic rings. The van der Waals surface area contributed by atoms with Crippen molar-refractivity contribution in [3.05, 3.63) is 58.8 Å². The maximum absolute atomic E-state index is 10.8. The summed E-state index contributed by atoms with van der Waals surface area (Å²) in [6.07, 6.45) is 1.24. The van der Waals surface area contributed by atoms with E-state index in [4.69, 9.17) is 0 Å². The van der Waals surface area contributed by atoms with Crippen LogP contribution in [0, 0.1) is 10.1 Å². The number of hydrogen-bond donors (Lipinski definition) is 0. The molecule has 0 fully saturated rings. The van der Waals surface area contributed by atoms with Crippen molar-refractivity contribution >= 4 is 38.9 Å². The Morgan fingerprint density at radius 2 is 2.00 bits per heavy atom. The van der Waals surface area contributed by atoms with Crippen LogP contribution in [0.2, 0.25) is 0 Å². The van der Waals surface area contributed by atoms with Crippen molar-refractivity contribution in [3.63, 3.8) is 0 Å². The largest absolute Gasteiger partial charge is 0.344 e. The number of nitrogens with zero attached hydrogens (tertiary/aromatic N) is 6. The first-order valence-electron chi connectivity index (χ1n) is 6.77. The molecule has 0 saturated heterocycles. The van der Waals surface area contributed by atoms with Crippen molar-refractivity contribution in [3.8, 4) is 5.69 Å². The average molecular weight is 356 g/mol. The number of tetrazole rings is 1. The minimum absolute atomic E-state index is 0.0123. The molecule has 0 atom stereocenters. The van der Waals surface area contributed by atoms with Gasteiger partial charge in [-0.15, -0.1) is 5.10 Å². The highest BCUT2D eigenvalue weighted by atomic mass is 32.2. The van der Waals surface area contributed by atoms with Gasteiger partial charge in [0.1, 0.15) is 6.20 Å². The second-order valence-corrected chi connectivity index (χ2v) is 6.92. The van der Waals surface area contributed by atoms with Gasteiger partial charge in [0.25, 0.3) is 0 Å².